The molecule has 0 atom stereocenters. The van der Waals surface area contributed by atoms with E-state index >= 15 is 0 Å². The third-order valence-electron chi connectivity index (χ3n) is 2.02. The Bertz CT molecular complexity index is 293. The topological polar surface area (TPSA) is 35.8 Å². The van der Waals surface area contributed by atoms with Crippen molar-refractivity contribution in [2.45, 2.75) is 6.42 Å². The highest BCUT2D eigenvalue weighted by Crippen LogP contribution is 2.04. The molecule has 0 aliphatic rings. The van der Waals surface area contributed by atoms with Gasteiger partial charge in [-0.05, 0) is 19.7 Å². The van der Waals surface area contributed by atoms with E-state index in [1.54, 1.807) is 0 Å². The molecule has 0 bridgehead atoms. The third-order valence-corrected chi connectivity index (χ3v) is 2.02. The van der Waals surface area contributed by atoms with Gasteiger partial charge < -0.3 is 10.1 Å². The Kier molecular flexibility index (Phi) is 4.13. The van der Waals surface area contributed by atoms with Crippen molar-refractivity contribution in [3.05, 3.63) is 35.9 Å². The molecule has 0 spiro atoms. The lowest BCUT2D eigenvalue weighted by molar-refractivity contribution is 0.316. The number of benzene rings is 1. The van der Waals surface area contributed by atoms with Crippen LogP contribution in [0.4, 0.5) is 0 Å². The summed E-state index contributed by atoms with van der Waals surface area (Å²) in [6.45, 7) is 0.883. The van der Waals surface area contributed by atoms with E-state index in [-0.39, 0.29) is 0 Å². The molecule has 0 saturated carbocycles. The van der Waals surface area contributed by atoms with Crippen LogP contribution in [0.25, 0.3) is 0 Å². The standard InChI is InChI=1S/C11H16N2O/c1-13(2)9-8-11(12-14)10-6-4-3-5-7-10/h3-7,14H,8-9H2,1-2H3/b12-11-. The van der Waals surface area contributed by atoms with Gasteiger partial charge in [-0.2, -0.15) is 0 Å². The second-order valence-electron chi connectivity index (χ2n) is 3.47. The van der Waals surface area contributed by atoms with E-state index in [1.807, 2.05) is 44.4 Å². The first kappa shape index (κ1) is 10.7. The van der Waals surface area contributed by atoms with E-state index in [9.17, 15) is 0 Å². The first-order valence-electron chi connectivity index (χ1n) is 4.65. The number of rotatable bonds is 4. The molecular weight excluding hydrogens is 176 g/mol. The van der Waals surface area contributed by atoms with Crippen LogP contribution in [0.1, 0.15) is 12.0 Å². The fraction of sp³-hybridized carbons (Fsp3) is 0.364. The second-order valence-corrected chi connectivity index (χ2v) is 3.47. The normalized spacial score (nSPS) is 12.1. The molecule has 0 unspecified atom stereocenters. The summed E-state index contributed by atoms with van der Waals surface area (Å²) >= 11 is 0. The highest BCUT2D eigenvalue weighted by molar-refractivity contribution is 6.00. The summed E-state index contributed by atoms with van der Waals surface area (Å²) in [4.78, 5) is 2.06. The molecule has 76 valence electrons. The van der Waals surface area contributed by atoms with E-state index in [2.05, 4.69) is 10.1 Å². The molecule has 1 rings (SSSR count). The molecule has 3 heteroatoms. The minimum atomic E-state index is 0.735. The van der Waals surface area contributed by atoms with E-state index < -0.39 is 0 Å². The van der Waals surface area contributed by atoms with Gasteiger partial charge in [0.2, 0.25) is 0 Å². The van der Waals surface area contributed by atoms with Gasteiger partial charge in [-0.25, -0.2) is 0 Å². The zero-order chi connectivity index (χ0) is 10.4. The van der Waals surface area contributed by atoms with Crippen LogP contribution in [0.15, 0.2) is 35.5 Å². The summed E-state index contributed by atoms with van der Waals surface area (Å²) in [5.74, 6) is 0. The number of hydrogen-bond acceptors (Lipinski definition) is 3. The summed E-state index contributed by atoms with van der Waals surface area (Å²) in [5.41, 5.74) is 1.72. The van der Waals surface area contributed by atoms with Crippen molar-refractivity contribution < 1.29 is 5.21 Å². The lowest BCUT2D eigenvalue weighted by Crippen LogP contribution is -2.17. The van der Waals surface area contributed by atoms with Crippen LogP contribution in [-0.4, -0.2) is 36.5 Å². The van der Waals surface area contributed by atoms with E-state index in [1.165, 1.54) is 0 Å². The van der Waals surface area contributed by atoms with E-state index in [0.29, 0.717) is 0 Å². The predicted molar refractivity (Wildman–Crippen MR) is 57.9 cm³/mol. The second kappa shape index (κ2) is 5.40. The van der Waals surface area contributed by atoms with Crippen LogP contribution in [0.2, 0.25) is 0 Å². The summed E-state index contributed by atoms with van der Waals surface area (Å²) in [5, 5.41) is 12.2. The zero-order valence-electron chi connectivity index (χ0n) is 8.64. The Labute approximate surface area is 84.7 Å². The number of oxime groups is 1. The Hall–Kier alpha value is -1.35. The third kappa shape index (κ3) is 3.18. The highest BCUT2D eigenvalue weighted by atomic mass is 16.4. The van der Waals surface area contributed by atoms with Gasteiger partial charge in [-0.15, -0.1) is 0 Å². The molecule has 0 aromatic heterocycles. The van der Waals surface area contributed by atoms with Crippen molar-refractivity contribution in [3.63, 3.8) is 0 Å². The van der Waals surface area contributed by atoms with Crippen LogP contribution in [-0.2, 0) is 0 Å². The first-order valence-corrected chi connectivity index (χ1v) is 4.65. The lowest BCUT2D eigenvalue weighted by atomic mass is 10.1. The highest BCUT2D eigenvalue weighted by Gasteiger charge is 2.03. The average Bonchev–Trinajstić information content (AvgIpc) is 2.20. The van der Waals surface area contributed by atoms with Crippen LogP contribution >= 0.6 is 0 Å². The molecule has 1 aromatic rings. The monoisotopic (exact) mass is 192 g/mol. The van der Waals surface area contributed by atoms with Gasteiger partial charge in [0.1, 0.15) is 0 Å². The van der Waals surface area contributed by atoms with Crippen LogP contribution in [0.5, 0.6) is 0 Å². The molecule has 0 amide bonds. The maximum Gasteiger partial charge on any atom is 0.0880 e. The first-order chi connectivity index (χ1) is 6.74. The Morgan fingerprint density at radius 1 is 1.29 bits per heavy atom. The maximum atomic E-state index is 8.86. The summed E-state index contributed by atoms with van der Waals surface area (Å²) in [6.07, 6.45) is 0.757. The lowest BCUT2D eigenvalue weighted by Gasteiger charge is -2.09. The van der Waals surface area contributed by atoms with Crippen LogP contribution < -0.4 is 0 Å². The van der Waals surface area contributed by atoms with Crippen molar-refractivity contribution in [2.75, 3.05) is 20.6 Å². The summed E-state index contributed by atoms with van der Waals surface area (Å²) in [7, 11) is 4.00. The Balaban J connectivity index is 2.65. The maximum absolute atomic E-state index is 8.86. The molecule has 0 aliphatic heterocycles. The molecule has 14 heavy (non-hydrogen) atoms. The van der Waals surface area contributed by atoms with Gasteiger partial charge in [0.25, 0.3) is 0 Å². The van der Waals surface area contributed by atoms with Crippen molar-refractivity contribution in [1.82, 2.24) is 4.90 Å². The van der Waals surface area contributed by atoms with Gasteiger partial charge in [0.05, 0.1) is 5.71 Å². The van der Waals surface area contributed by atoms with Gasteiger partial charge in [-0.3, -0.25) is 0 Å². The SMILES string of the molecule is CN(C)CC/C(=N/O)c1ccccc1. The summed E-state index contributed by atoms with van der Waals surface area (Å²) < 4.78 is 0. The average molecular weight is 192 g/mol. The zero-order valence-corrected chi connectivity index (χ0v) is 8.64. The smallest absolute Gasteiger partial charge is 0.0880 e. The predicted octanol–water partition coefficient (Wildman–Crippen LogP) is 1.82. The Morgan fingerprint density at radius 2 is 1.93 bits per heavy atom. The van der Waals surface area contributed by atoms with Crippen LogP contribution in [0, 0.1) is 0 Å². The molecule has 1 N–H and O–H groups in total. The molecule has 0 heterocycles. The van der Waals surface area contributed by atoms with Gasteiger partial charge in [0.15, 0.2) is 0 Å². The van der Waals surface area contributed by atoms with E-state index in [4.69, 9.17) is 5.21 Å². The van der Waals surface area contributed by atoms with E-state index in [0.717, 1.165) is 24.2 Å². The quantitative estimate of drug-likeness (QED) is 0.448. The fourth-order valence-corrected chi connectivity index (χ4v) is 1.21. The molecule has 0 radical (unpaired) electrons. The summed E-state index contributed by atoms with van der Waals surface area (Å²) in [6, 6.07) is 9.73. The van der Waals surface area contributed by atoms with Crippen molar-refractivity contribution in [1.29, 1.82) is 0 Å². The van der Waals surface area contributed by atoms with Crippen molar-refractivity contribution in [3.8, 4) is 0 Å². The fourth-order valence-electron chi connectivity index (χ4n) is 1.21. The molecule has 0 fully saturated rings. The van der Waals surface area contributed by atoms with Crippen LogP contribution in [0.3, 0.4) is 0 Å². The molecular formula is C11H16N2O. The van der Waals surface area contributed by atoms with Crippen molar-refractivity contribution in [2.24, 2.45) is 5.16 Å². The van der Waals surface area contributed by atoms with Gasteiger partial charge in [0, 0.05) is 13.0 Å². The largest absolute Gasteiger partial charge is 0.411 e. The molecule has 3 nitrogen and oxygen atoms in total. The van der Waals surface area contributed by atoms with Gasteiger partial charge >= 0.3 is 0 Å². The number of nitrogens with zero attached hydrogens (tertiary/aromatic N) is 2. The molecule has 0 aliphatic carbocycles. The molecule has 1 aromatic carbocycles. The number of hydrogen-bond donors (Lipinski definition) is 1. The van der Waals surface area contributed by atoms with Gasteiger partial charge in [-0.1, -0.05) is 35.5 Å². The Morgan fingerprint density at radius 3 is 2.43 bits per heavy atom. The minimum Gasteiger partial charge on any atom is -0.411 e. The minimum absolute atomic E-state index is 0.735. The molecule has 0 saturated heterocycles. The van der Waals surface area contributed by atoms with Crippen molar-refractivity contribution >= 4 is 5.71 Å².